The number of sulfonamides is 1. The Balaban J connectivity index is 2.00. The largest absolute Gasteiger partial charge is 0.484 e. The highest BCUT2D eigenvalue weighted by Gasteiger charge is 2.32. The first-order valence-corrected chi connectivity index (χ1v) is 11.0. The lowest BCUT2D eigenvalue weighted by molar-refractivity contribution is -0.154. The number of anilines is 1. The minimum atomic E-state index is -4.78. The molecule has 34 heavy (non-hydrogen) atoms. The number of para-hydroxylation sites is 1. The van der Waals surface area contributed by atoms with Gasteiger partial charge in [0.15, 0.2) is 13.2 Å². The Morgan fingerprint density at radius 1 is 0.735 bits per heavy atom. The van der Waals surface area contributed by atoms with Crippen LogP contribution >= 0.6 is 0 Å². The second-order valence-electron chi connectivity index (χ2n) is 6.93. The van der Waals surface area contributed by atoms with Gasteiger partial charge in [-0.15, -0.1) is 0 Å². The molecule has 0 saturated heterocycles. The number of benzene rings is 3. The van der Waals surface area contributed by atoms with Crippen LogP contribution in [0.25, 0.3) is 11.1 Å². The number of alkyl halides is 6. The highest BCUT2D eigenvalue weighted by molar-refractivity contribution is 7.92. The lowest BCUT2D eigenvalue weighted by atomic mass is 10.0. The Bertz CT molecular complexity index is 1230. The fourth-order valence-corrected chi connectivity index (χ4v) is 4.11. The molecule has 3 rings (SSSR count). The van der Waals surface area contributed by atoms with Gasteiger partial charge < -0.3 is 9.47 Å². The van der Waals surface area contributed by atoms with Gasteiger partial charge in [0, 0.05) is 11.6 Å². The van der Waals surface area contributed by atoms with E-state index in [-0.39, 0.29) is 5.69 Å². The summed E-state index contributed by atoms with van der Waals surface area (Å²) in [7, 11) is -4.62. The van der Waals surface area contributed by atoms with Crippen LogP contribution in [0.5, 0.6) is 11.5 Å². The van der Waals surface area contributed by atoms with E-state index in [1.54, 1.807) is 42.5 Å². The van der Waals surface area contributed by atoms with E-state index in [1.807, 2.05) is 0 Å². The summed E-state index contributed by atoms with van der Waals surface area (Å²) in [6, 6.07) is 17.2. The maximum Gasteiger partial charge on any atom is 0.422 e. The molecular formula is C22H17F6NO4S. The molecule has 12 heteroatoms. The number of ether oxygens (including phenoxy) is 2. The van der Waals surface area contributed by atoms with Crippen molar-refractivity contribution in [2.45, 2.75) is 17.2 Å². The predicted octanol–water partition coefficient (Wildman–Crippen LogP) is 6.04. The molecule has 0 aromatic heterocycles. The fraction of sp³-hybridized carbons (Fsp3) is 0.182. The molecule has 0 atom stereocenters. The second kappa shape index (κ2) is 9.84. The first-order chi connectivity index (χ1) is 15.8. The zero-order chi connectivity index (χ0) is 25.0. The molecule has 182 valence electrons. The number of nitrogens with one attached hydrogen (secondary N) is 1. The summed E-state index contributed by atoms with van der Waals surface area (Å²) in [6.45, 7) is -3.53. The highest BCUT2D eigenvalue weighted by atomic mass is 32.2. The zero-order valence-electron chi connectivity index (χ0n) is 17.2. The monoisotopic (exact) mass is 505 g/mol. The van der Waals surface area contributed by atoms with Crippen LogP contribution in [-0.4, -0.2) is 34.0 Å². The standard InChI is InChI=1S/C22H17F6NO4S/c23-21(24,25)13-32-16-10-11-19(33-14-22(26,27)28)20(12-16)34(30,31)29-18-9-5-4-8-17(18)15-6-2-1-3-7-15/h1-12,29H,13-14H2. The molecule has 0 bridgehead atoms. The van der Waals surface area contributed by atoms with Crippen LogP contribution in [0.1, 0.15) is 0 Å². The third-order valence-electron chi connectivity index (χ3n) is 4.25. The Kier molecular flexibility index (Phi) is 7.29. The van der Waals surface area contributed by atoms with Crippen LogP contribution in [0, 0.1) is 0 Å². The van der Waals surface area contributed by atoms with Crippen LogP contribution in [0.3, 0.4) is 0 Å². The van der Waals surface area contributed by atoms with Gasteiger partial charge in [-0.3, -0.25) is 4.72 Å². The van der Waals surface area contributed by atoms with Crippen molar-refractivity contribution in [1.29, 1.82) is 0 Å². The molecule has 0 fully saturated rings. The fourth-order valence-electron chi connectivity index (χ4n) is 2.87. The summed E-state index contributed by atoms with van der Waals surface area (Å²) in [5, 5.41) is 0. The van der Waals surface area contributed by atoms with E-state index in [1.165, 1.54) is 12.1 Å². The Morgan fingerprint density at radius 2 is 1.32 bits per heavy atom. The topological polar surface area (TPSA) is 64.6 Å². The van der Waals surface area contributed by atoms with Crippen molar-refractivity contribution in [3.63, 3.8) is 0 Å². The molecule has 5 nitrogen and oxygen atoms in total. The number of halogens is 6. The minimum Gasteiger partial charge on any atom is -0.484 e. The van der Waals surface area contributed by atoms with Crippen LogP contribution in [0.4, 0.5) is 32.0 Å². The summed E-state index contributed by atoms with van der Waals surface area (Å²) < 4.78 is 113. The number of hydrogen-bond acceptors (Lipinski definition) is 4. The average Bonchev–Trinajstić information content (AvgIpc) is 2.76. The van der Waals surface area contributed by atoms with Crippen LogP contribution in [-0.2, 0) is 10.0 Å². The van der Waals surface area contributed by atoms with Gasteiger partial charge in [-0.05, 0) is 23.8 Å². The van der Waals surface area contributed by atoms with Crippen molar-refractivity contribution in [1.82, 2.24) is 0 Å². The van der Waals surface area contributed by atoms with E-state index in [9.17, 15) is 34.8 Å². The molecule has 0 aliphatic rings. The van der Waals surface area contributed by atoms with Gasteiger partial charge in [-0.25, -0.2) is 8.42 Å². The first-order valence-electron chi connectivity index (χ1n) is 9.54. The lowest BCUT2D eigenvalue weighted by Gasteiger charge is -2.17. The molecule has 0 saturated carbocycles. The summed E-state index contributed by atoms with van der Waals surface area (Å²) in [4.78, 5) is -0.820. The van der Waals surface area contributed by atoms with Gasteiger partial charge in [-0.1, -0.05) is 48.5 Å². The minimum absolute atomic E-state index is 0.0945. The second-order valence-corrected chi connectivity index (χ2v) is 8.58. The molecular weight excluding hydrogens is 488 g/mol. The predicted molar refractivity (Wildman–Crippen MR) is 112 cm³/mol. The number of rotatable bonds is 8. The molecule has 0 unspecified atom stereocenters. The molecule has 0 radical (unpaired) electrons. The van der Waals surface area contributed by atoms with Gasteiger partial charge in [0.2, 0.25) is 0 Å². The number of hydrogen-bond donors (Lipinski definition) is 1. The van der Waals surface area contributed by atoms with E-state index >= 15 is 0 Å². The van der Waals surface area contributed by atoms with Crippen molar-refractivity contribution in [3.8, 4) is 22.6 Å². The third-order valence-corrected chi connectivity index (χ3v) is 5.64. The smallest absolute Gasteiger partial charge is 0.422 e. The third kappa shape index (κ3) is 7.04. The Labute approximate surface area is 191 Å². The van der Waals surface area contributed by atoms with Crippen molar-refractivity contribution in [3.05, 3.63) is 72.8 Å². The van der Waals surface area contributed by atoms with Crippen molar-refractivity contribution in [2.24, 2.45) is 0 Å². The van der Waals surface area contributed by atoms with Crippen LogP contribution < -0.4 is 14.2 Å². The van der Waals surface area contributed by atoms with Gasteiger partial charge in [0.05, 0.1) is 5.69 Å². The maximum atomic E-state index is 13.1. The molecule has 3 aromatic carbocycles. The van der Waals surface area contributed by atoms with E-state index in [2.05, 4.69) is 14.2 Å². The summed E-state index contributed by atoms with van der Waals surface area (Å²) in [6.07, 6.45) is -9.49. The van der Waals surface area contributed by atoms with Crippen molar-refractivity contribution < 1.29 is 44.2 Å². The van der Waals surface area contributed by atoms with E-state index in [0.717, 1.165) is 12.1 Å². The van der Waals surface area contributed by atoms with E-state index in [4.69, 9.17) is 0 Å². The molecule has 0 aliphatic heterocycles. The quantitative estimate of drug-likeness (QED) is 0.380. The maximum absolute atomic E-state index is 13.1. The zero-order valence-corrected chi connectivity index (χ0v) is 18.0. The molecule has 0 spiro atoms. The van der Waals surface area contributed by atoms with Gasteiger partial charge in [-0.2, -0.15) is 26.3 Å². The lowest BCUT2D eigenvalue weighted by Crippen LogP contribution is -2.22. The van der Waals surface area contributed by atoms with Crippen LogP contribution in [0.2, 0.25) is 0 Å². The summed E-state index contributed by atoms with van der Waals surface area (Å²) in [5.74, 6) is -1.23. The Hall–Kier alpha value is -3.41. The summed E-state index contributed by atoms with van der Waals surface area (Å²) in [5.41, 5.74) is 1.21. The van der Waals surface area contributed by atoms with Gasteiger partial charge >= 0.3 is 12.4 Å². The average molecular weight is 505 g/mol. The van der Waals surface area contributed by atoms with E-state index < -0.39 is 52.0 Å². The molecule has 0 aliphatic carbocycles. The highest BCUT2D eigenvalue weighted by Crippen LogP contribution is 2.34. The van der Waals surface area contributed by atoms with E-state index in [0.29, 0.717) is 17.2 Å². The van der Waals surface area contributed by atoms with Gasteiger partial charge in [0.1, 0.15) is 16.4 Å². The van der Waals surface area contributed by atoms with Crippen molar-refractivity contribution in [2.75, 3.05) is 17.9 Å². The Morgan fingerprint density at radius 3 is 1.97 bits per heavy atom. The molecule has 3 aromatic rings. The SMILES string of the molecule is O=S(=O)(Nc1ccccc1-c1ccccc1)c1cc(OCC(F)(F)F)ccc1OCC(F)(F)F. The normalized spacial score (nSPS) is 12.3. The van der Waals surface area contributed by atoms with Crippen LogP contribution in [0.15, 0.2) is 77.7 Å². The molecule has 1 N–H and O–H groups in total. The summed E-state index contributed by atoms with van der Waals surface area (Å²) >= 11 is 0. The molecule has 0 heterocycles. The first kappa shape index (κ1) is 25.2. The van der Waals surface area contributed by atoms with Crippen molar-refractivity contribution >= 4 is 15.7 Å². The van der Waals surface area contributed by atoms with Gasteiger partial charge in [0.25, 0.3) is 10.0 Å². The molecule has 0 amide bonds.